The summed E-state index contributed by atoms with van der Waals surface area (Å²) in [5.74, 6) is 0. The van der Waals surface area contributed by atoms with Crippen molar-refractivity contribution in [3.63, 3.8) is 0 Å². The molecule has 0 aliphatic carbocycles. The first kappa shape index (κ1) is 15.8. The molecule has 0 saturated carbocycles. The van der Waals surface area contributed by atoms with Crippen LogP contribution in [0.15, 0.2) is 60.7 Å². The summed E-state index contributed by atoms with van der Waals surface area (Å²) in [6.07, 6.45) is 0. The van der Waals surface area contributed by atoms with E-state index in [0.717, 1.165) is 11.1 Å². The fourth-order valence-electron chi connectivity index (χ4n) is 0.956. The number of hydrogen-bond donors (Lipinski definition) is 0. The maximum atomic E-state index is 7.38. The van der Waals surface area contributed by atoms with Crippen molar-refractivity contribution in [1.82, 2.24) is 0 Å². The van der Waals surface area contributed by atoms with E-state index in [4.69, 9.17) is 3.80 Å². The molecule has 0 fully saturated rings. The third-order valence-corrected chi connectivity index (χ3v) is 1.69. The van der Waals surface area contributed by atoms with E-state index in [9.17, 15) is 0 Å². The molecule has 94 valence electrons. The minimum absolute atomic E-state index is 0.578. The first-order chi connectivity index (χ1) is 8.20. The van der Waals surface area contributed by atoms with Crippen LogP contribution in [0.5, 0.6) is 0 Å². The van der Waals surface area contributed by atoms with Gasteiger partial charge >= 0.3 is 29.9 Å². The molecule has 0 N–H and O–H groups in total. The molecule has 0 heterocycles. The average molecular weight is 338 g/mol. The van der Waals surface area contributed by atoms with Crippen LogP contribution >= 0.6 is 9.53 Å². The Labute approximate surface area is 115 Å². The van der Waals surface area contributed by atoms with Gasteiger partial charge in [-0.15, -0.1) is 24.3 Å². The Kier molecular flexibility index (Phi) is 10.6. The summed E-state index contributed by atoms with van der Waals surface area (Å²) < 4.78 is 7.38. The van der Waals surface area contributed by atoms with Crippen molar-refractivity contribution in [3.8, 4) is 0 Å². The van der Waals surface area contributed by atoms with Gasteiger partial charge in [-0.05, 0) is 0 Å². The number of rotatable bonds is 0. The van der Waals surface area contributed by atoms with Gasteiger partial charge in [0.1, 0.15) is 0 Å². The number of benzene rings is 2. The second-order valence-corrected chi connectivity index (χ2v) is 3.92. The molecule has 2 rings (SSSR count). The summed E-state index contributed by atoms with van der Waals surface area (Å²) in [4.78, 5) is 0. The van der Waals surface area contributed by atoms with Gasteiger partial charge in [0.25, 0.3) is 0 Å². The molecule has 0 aliphatic rings. The Bertz CT molecular complexity index is 385. The summed E-state index contributed by atoms with van der Waals surface area (Å²) in [6, 6.07) is 19.7. The molecule has 0 aromatic heterocycles. The molecular weight excluding hydrogens is 324 g/mol. The van der Waals surface area contributed by atoms with Crippen LogP contribution in [0.25, 0.3) is 0 Å². The maximum absolute atomic E-state index is 7.38. The molecule has 3 heteroatoms. The SMILES string of the molecule is [CH2-]c1ccccc1.[CH2-]c1ccccc1.[N]#[Pd][Cl]. The normalized spacial score (nSPS) is 8.24. The summed E-state index contributed by atoms with van der Waals surface area (Å²) in [5, 5.41) is 0. The summed E-state index contributed by atoms with van der Waals surface area (Å²) >= 11 is -0.578. The molecule has 1 nitrogen and oxygen atoms in total. The van der Waals surface area contributed by atoms with Crippen LogP contribution in [0.1, 0.15) is 11.1 Å². The van der Waals surface area contributed by atoms with Crippen LogP contribution in [0.2, 0.25) is 0 Å². The first-order valence-corrected chi connectivity index (χ1v) is 7.49. The molecule has 0 spiro atoms. The molecule has 0 atom stereocenters. The fraction of sp³-hybridized carbons (Fsp3) is 0. The van der Waals surface area contributed by atoms with Crippen LogP contribution < -0.4 is 0 Å². The summed E-state index contributed by atoms with van der Waals surface area (Å²) in [6.45, 7) is 7.44. The minimum atomic E-state index is -0.578. The number of nitrogens with zero attached hydrogens (tertiary/aromatic N) is 1. The summed E-state index contributed by atoms with van der Waals surface area (Å²) in [5.41, 5.74) is 2.14. The average Bonchev–Trinajstić information content (AvgIpc) is 2.33. The van der Waals surface area contributed by atoms with Gasteiger partial charge in [0, 0.05) is 0 Å². The summed E-state index contributed by atoms with van der Waals surface area (Å²) in [7, 11) is 4.60. The van der Waals surface area contributed by atoms with Gasteiger partial charge in [0.2, 0.25) is 0 Å². The fourth-order valence-corrected chi connectivity index (χ4v) is 0.956. The molecule has 0 aliphatic heterocycles. The molecule has 2 aromatic rings. The van der Waals surface area contributed by atoms with Gasteiger partial charge in [0.05, 0.1) is 0 Å². The van der Waals surface area contributed by atoms with E-state index in [-0.39, 0.29) is 0 Å². The molecule has 17 heavy (non-hydrogen) atoms. The first-order valence-electron chi connectivity index (χ1n) is 4.79. The van der Waals surface area contributed by atoms with E-state index in [0.29, 0.717) is 0 Å². The topological polar surface area (TPSA) is 23.8 Å². The van der Waals surface area contributed by atoms with Crippen molar-refractivity contribution < 1.29 is 16.6 Å². The van der Waals surface area contributed by atoms with E-state index >= 15 is 0 Å². The zero-order valence-electron chi connectivity index (χ0n) is 9.33. The third kappa shape index (κ3) is 11.1. The zero-order chi connectivity index (χ0) is 12.9. The number of halogens is 1. The molecular formula is C14H14ClNPd-2. The van der Waals surface area contributed by atoms with Crippen molar-refractivity contribution >= 4 is 9.53 Å². The zero-order valence-corrected chi connectivity index (χ0v) is 11.6. The van der Waals surface area contributed by atoms with Gasteiger partial charge in [-0.25, -0.2) is 0 Å². The Morgan fingerprint density at radius 2 is 1.00 bits per heavy atom. The molecule has 0 bridgehead atoms. The third-order valence-electron chi connectivity index (χ3n) is 1.69. The van der Waals surface area contributed by atoms with Crippen LogP contribution in [-0.4, -0.2) is 0 Å². The Hall–Kier alpha value is -1.16. The standard InChI is InChI=1S/2C7H7.ClH.N.Pd/c2*1-7-5-3-2-4-6-7;;;/h2*2-6H,1H2;1H;;/q2*-1;;;+1/p-1. The molecule has 2 aromatic carbocycles. The van der Waals surface area contributed by atoms with Gasteiger partial charge in [0.15, 0.2) is 0 Å². The van der Waals surface area contributed by atoms with Crippen molar-refractivity contribution in [2.75, 3.05) is 0 Å². The Morgan fingerprint density at radius 3 is 1.12 bits per heavy atom. The monoisotopic (exact) mass is 337 g/mol. The van der Waals surface area contributed by atoms with Gasteiger partial charge < -0.3 is 0 Å². The van der Waals surface area contributed by atoms with Crippen LogP contribution in [0, 0.1) is 17.7 Å². The van der Waals surface area contributed by atoms with Crippen molar-refractivity contribution in [2.45, 2.75) is 0 Å². The quantitative estimate of drug-likeness (QED) is 0.515. The van der Waals surface area contributed by atoms with E-state index in [1.54, 1.807) is 0 Å². The second kappa shape index (κ2) is 11.3. The Balaban J connectivity index is 0.000000247. The van der Waals surface area contributed by atoms with Crippen LogP contribution in [0.4, 0.5) is 0 Å². The van der Waals surface area contributed by atoms with E-state index in [1.165, 1.54) is 0 Å². The van der Waals surface area contributed by atoms with Crippen molar-refractivity contribution in [3.05, 3.63) is 85.6 Å². The molecule has 0 radical (unpaired) electrons. The van der Waals surface area contributed by atoms with Gasteiger partial charge in [-0.2, -0.15) is 49.2 Å². The number of hydrogen-bond acceptors (Lipinski definition) is 1. The van der Waals surface area contributed by atoms with Gasteiger partial charge in [-0.1, -0.05) is 12.1 Å². The van der Waals surface area contributed by atoms with E-state index in [1.807, 2.05) is 60.7 Å². The molecule has 0 unspecified atom stereocenters. The van der Waals surface area contributed by atoms with Gasteiger partial charge in [-0.3, -0.25) is 0 Å². The predicted molar refractivity (Wildman–Crippen MR) is 69.4 cm³/mol. The van der Waals surface area contributed by atoms with Crippen molar-refractivity contribution in [2.24, 2.45) is 0 Å². The van der Waals surface area contributed by atoms with Crippen LogP contribution in [-0.2, 0) is 16.6 Å². The second-order valence-electron chi connectivity index (χ2n) is 3.02. The van der Waals surface area contributed by atoms with Crippen LogP contribution in [0.3, 0.4) is 0 Å². The molecule has 0 saturated heterocycles. The van der Waals surface area contributed by atoms with E-state index in [2.05, 4.69) is 23.4 Å². The van der Waals surface area contributed by atoms with E-state index < -0.39 is 16.6 Å². The van der Waals surface area contributed by atoms with Crippen molar-refractivity contribution in [1.29, 1.82) is 3.80 Å². The molecule has 0 amide bonds. The Morgan fingerprint density at radius 1 is 0.765 bits per heavy atom. The predicted octanol–water partition coefficient (Wildman–Crippen LogP) is 4.44.